The molecule has 1 aromatic carbocycles. The van der Waals surface area contributed by atoms with Gasteiger partial charge in [0.2, 0.25) is 0 Å². The molecule has 1 rings (SSSR count). The van der Waals surface area contributed by atoms with Gasteiger partial charge in [0.1, 0.15) is 5.75 Å². The van der Waals surface area contributed by atoms with Crippen LogP contribution in [0.2, 0.25) is 5.02 Å². The lowest BCUT2D eigenvalue weighted by molar-refractivity contribution is 0.198. The van der Waals surface area contributed by atoms with Crippen molar-refractivity contribution in [1.82, 2.24) is 9.80 Å². The van der Waals surface area contributed by atoms with Crippen LogP contribution in [0.5, 0.6) is 5.75 Å². The van der Waals surface area contributed by atoms with Gasteiger partial charge in [0, 0.05) is 23.7 Å². The average molecular weight is 314 g/mol. The van der Waals surface area contributed by atoms with E-state index in [1.807, 2.05) is 18.2 Å². The van der Waals surface area contributed by atoms with Crippen molar-refractivity contribution in [3.63, 3.8) is 0 Å². The fraction of sp³-hybridized carbons (Fsp3) is 0.625. The van der Waals surface area contributed by atoms with Gasteiger partial charge in [-0.1, -0.05) is 24.6 Å². The summed E-state index contributed by atoms with van der Waals surface area (Å²) < 4.78 is 5.47. The summed E-state index contributed by atoms with van der Waals surface area (Å²) in [6.07, 6.45) is 1.10. The maximum absolute atomic E-state index is 6.40. The van der Waals surface area contributed by atoms with E-state index in [-0.39, 0.29) is 6.04 Å². The quantitative estimate of drug-likeness (QED) is 0.761. The van der Waals surface area contributed by atoms with Crippen molar-refractivity contribution in [2.24, 2.45) is 5.73 Å². The van der Waals surface area contributed by atoms with Crippen molar-refractivity contribution in [1.29, 1.82) is 0 Å². The molecule has 0 fully saturated rings. The van der Waals surface area contributed by atoms with Gasteiger partial charge in [-0.25, -0.2) is 0 Å². The Morgan fingerprint density at radius 2 is 2.00 bits per heavy atom. The number of likely N-dealkylation sites (N-methyl/N-ethyl adjacent to an activating group) is 1. The molecule has 21 heavy (non-hydrogen) atoms. The van der Waals surface area contributed by atoms with Crippen molar-refractivity contribution in [2.75, 3.05) is 47.4 Å². The molecule has 4 nitrogen and oxygen atoms in total. The van der Waals surface area contributed by atoms with E-state index in [4.69, 9.17) is 22.1 Å². The number of hydrogen-bond acceptors (Lipinski definition) is 4. The van der Waals surface area contributed by atoms with E-state index in [9.17, 15) is 0 Å². The van der Waals surface area contributed by atoms with Crippen LogP contribution in [-0.2, 0) is 0 Å². The minimum Gasteiger partial charge on any atom is -0.496 e. The molecule has 5 heteroatoms. The molecule has 0 spiro atoms. The van der Waals surface area contributed by atoms with E-state index in [1.54, 1.807) is 7.11 Å². The van der Waals surface area contributed by atoms with Crippen LogP contribution in [0.1, 0.15) is 24.9 Å². The Bertz CT molecular complexity index is 426. The summed E-state index contributed by atoms with van der Waals surface area (Å²) in [6.45, 7) is 5.67. The van der Waals surface area contributed by atoms with Gasteiger partial charge in [0.25, 0.3) is 0 Å². The summed E-state index contributed by atoms with van der Waals surface area (Å²) in [5.74, 6) is 0.809. The Labute approximate surface area is 133 Å². The molecule has 0 bridgehead atoms. The summed E-state index contributed by atoms with van der Waals surface area (Å²) >= 11 is 6.40. The zero-order valence-corrected chi connectivity index (χ0v) is 14.4. The van der Waals surface area contributed by atoms with Gasteiger partial charge in [-0.15, -0.1) is 0 Å². The Morgan fingerprint density at radius 1 is 1.29 bits per heavy atom. The third-order valence-corrected chi connectivity index (χ3v) is 4.02. The zero-order chi connectivity index (χ0) is 15.8. The van der Waals surface area contributed by atoms with Crippen LogP contribution >= 0.6 is 11.6 Å². The van der Waals surface area contributed by atoms with Gasteiger partial charge in [0.15, 0.2) is 0 Å². The molecule has 0 amide bonds. The van der Waals surface area contributed by atoms with Gasteiger partial charge < -0.3 is 15.4 Å². The molecule has 0 aliphatic rings. The fourth-order valence-electron chi connectivity index (χ4n) is 2.59. The second-order valence-corrected chi connectivity index (χ2v) is 5.80. The number of halogens is 1. The molecule has 0 saturated heterocycles. The molecule has 0 aliphatic heterocycles. The highest BCUT2D eigenvalue weighted by molar-refractivity contribution is 6.31. The number of nitrogens with two attached hydrogens (primary N) is 1. The Balaban J connectivity index is 2.93. The highest BCUT2D eigenvalue weighted by Crippen LogP contribution is 2.34. The van der Waals surface area contributed by atoms with Crippen molar-refractivity contribution in [2.45, 2.75) is 19.4 Å². The van der Waals surface area contributed by atoms with Gasteiger partial charge in [-0.05, 0) is 45.7 Å². The lowest BCUT2D eigenvalue weighted by atomic mass is 10.0. The third kappa shape index (κ3) is 5.15. The lowest BCUT2D eigenvalue weighted by Crippen LogP contribution is -2.36. The molecule has 120 valence electrons. The second-order valence-electron chi connectivity index (χ2n) is 5.39. The smallest absolute Gasteiger partial charge is 0.125 e. The van der Waals surface area contributed by atoms with E-state index in [1.165, 1.54) is 0 Å². The normalized spacial score (nSPS) is 13.0. The summed E-state index contributed by atoms with van der Waals surface area (Å²) in [5, 5.41) is 0.718. The van der Waals surface area contributed by atoms with Crippen LogP contribution in [0.25, 0.3) is 0 Å². The summed E-state index contributed by atoms with van der Waals surface area (Å²) in [5.41, 5.74) is 7.04. The summed E-state index contributed by atoms with van der Waals surface area (Å²) in [7, 11) is 5.85. The largest absolute Gasteiger partial charge is 0.496 e. The molecule has 0 heterocycles. The molecule has 0 radical (unpaired) electrons. The first kappa shape index (κ1) is 18.2. The molecule has 1 aromatic rings. The molecule has 0 aliphatic carbocycles. The van der Waals surface area contributed by atoms with Gasteiger partial charge in [-0.2, -0.15) is 0 Å². The number of hydrogen-bond donors (Lipinski definition) is 1. The predicted octanol–water partition coefficient (Wildman–Crippen LogP) is 2.62. The Morgan fingerprint density at radius 3 is 2.52 bits per heavy atom. The number of methoxy groups -OCH3 is 1. The van der Waals surface area contributed by atoms with Crippen LogP contribution in [0.15, 0.2) is 18.2 Å². The molecule has 0 saturated carbocycles. The fourth-order valence-corrected chi connectivity index (χ4v) is 2.88. The number of ether oxygens (including phenoxy) is 1. The van der Waals surface area contributed by atoms with E-state index in [2.05, 4.69) is 30.8 Å². The number of benzene rings is 1. The van der Waals surface area contributed by atoms with E-state index >= 15 is 0 Å². The first-order valence-corrected chi connectivity index (χ1v) is 7.84. The SMILES string of the molecule is CCN(CCCN(C)C)C(CN)c1c(Cl)cccc1OC. The maximum Gasteiger partial charge on any atom is 0.125 e. The third-order valence-electron chi connectivity index (χ3n) is 3.69. The minimum atomic E-state index is 0.0841. The molecular weight excluding hydrogens is 286 g/mol. The number of nitrogens with zero attached hydrogens (tertiary/aromatic N) is 2. The van der Waals surface area contributed by atoms with Crippen LogP contribution < -0.4 is 10.5 Å². The van der Waals surface area contributed by atoms with E-state index < -0.39 is 0 Å². The minimum absolute atomic E-state index is 0.0841. The second kappa shape index (κ2) is 9.26. The topological polar surface area (TPSA) is 41.7 Å². The highest BCUT2D eigenvalue weighted by Gasteiger charge is 2.23. The molecular formula is C16H28ClN3O. The van der Waals surface area contributed by atoms with Gasteiger partial charge in [-0.3, -0.25) is 4.90 Å². The Hall–Kier alpha value is -0.810. The van der Waals surface area contributed by atoms with Crippen molar-refractivity contribution >= 4 is 11.6 Å². The van der Waals surface area contributed by atoms with E-state index in [0.29, 0.717) is 6.54 Å². The standard InChI is InChI=1S/C16H28ClN3O/c1-5-20(11-7-10-19(2)3)14(12-18)16-13(17)8-6-9-15(16)21-4/h6,8-9,14H,5,7,10-12,18H2,1-4H3. The maximum atomic E-state index is 6.40. The molecule has 2 N–H and O–H groups in total. The van der Waals surface area contributed by atoms with Gasteiger partial charge in [0.05, 0.1) is 13.2 Å². The van der Waals surface area contributed by atoms with Crippen LogP contribution in [-0.4, -0.2) is 57.2 Å². The first-order chi connectivity index (χ1) is 10.0. The molecule has 1 unspecified atom stereocenters. The van der Waals surface area contributed by atoms with Crippen molar-refractivity contribution in [3.05, 3.63) is 28.8 Å². The van der Waals surface area contributed by atoms with Crippen molar-refractivity contribution in [3.8, 4) is 5.75 Å². The lowest BCUT2D eigenvalue weighted by Gasteiger charge is -2.32. The van der Waals surface area contributed by atoms with Crippen molar-refractivity contribution < 1.29 is 4.74 Å². The molecule has 1 atom stereocenters. The Kier molecular flexibility index (Phi) is 8.04. The monoisotopic (exact) mass is 313 g/mol. The predicted molar refractivity (Wildman–Crippen MR) is 90.2 cm³/mol. The summed E-state index contributed by atoms with van der Waals surface area (Å²) in [6, 6.07) is 5.83. The zero-order valence-electron chi connectivity index (χ0n) is 13.6. The summed E-state index contributed by atoms with van der Waals surface area (Å²) in [4.78, 5) is 4.56. The first-order valence-electron chi connectivity index (χ1n) is 7.46. The van der Waals surface area contributed by atoms with Crippen LogP contribution in [0.4, 0.5) is 0 Å². The molecule has 0 aromatic heterocycles. The number of rotatable bonds is 9. The highest BCUT2D eigenvalue weighted by atomic mass is 35.5. The van der Waals surface area contributed by atoms with Gasteiger partial charge >= 0.3 is 0 Å². The van der Waals surface area contributed by atoms with Crippen LogP contribution in [0, 0.1) is 0 Å². The van der Waals surface area contributed by atoms with Crippen LogP contribution in [0.3, 0.4) is 0 Å². The van der Waals surface area contributed by atoms with E-state index in [0.717, 1.165) is 42.4 Å². The average Bonchev–Trinajstić information content (AvgIpc) is 2.47.